The van der Waals surface area contributed by atoms with Gasteiger partial charge >= 0.3 is 0 Å². The molecule has 2 aliphatic heterocycles. The van der Waals surface area contributed by atoms with E-state index >= 15 is 0 Å². The third kappa shape index (κ3) is 14.0. The first-order chi connectivity index (χ1) is 40.4. The molecule has 84 heavy (non-hydrogen) atoms. The Hall–Kier alpha value is -5.62. The first-order valence-electron chi connectivity index (χ1n) is 29.7. The third-order valence-corrected chi connectivity index (χ3v) is 22.4. The minimum atomic E-state index is -3.90. The van der Waals surface area contributed by atoms with Crippen molar-refractivity contribution in [3.8, 4) is 11.5 Å². The number of amides is 2. The minimum absolute atomic E-state index is 0.236. The van der Waals surface area contributed by atoms with Crippen LogP contribution in [0.15, 0.2) is 123 Å². The first kappa shape index (κ1) is 62.9. The van der Waals surface area contributed by atoms with E-state index in [9.17, 15) is 26.4 Å². The zero-order chi connectivity index (χ0) is 59.8. The lowest BCUT2D eigenvalue weighted by molar-refractivity contribution is 0.0466. The monoisotopic (exact) mass is 1220 g/mol. The Morgan fingerprint density at radius 3 is 1.38 bits per heavy atom. The van der Waals surface area contributed by atoms with Gasteiger partial charge in [0, 0.05) is 58.2 Å². The van der Waals surface area contributed by atoms with Gasteiger partial charge in [0.05, 0.1) is 61.5 Å². The zero-order valence-corrected chi connectivity index (χ0v) is 51.8. The Balaban J connectivity index is 0.000000202. The lowest BCUT2D eigenvalue weighted by Crippen LogP contribution is -2.48. The molecule has 10 rings (SSSR count). The average molecular weight is 1230 g/mol. The number of nitrogens with one attached hydrogen (secondary N) is 2. The first-order valence-corrected chi connectivity index (χ1v) is 33.6. The van der Waals surface area contributed by atoms with Crippen molar-refractivity contribution in [2.45, 2.75) is 112 Å². The molecule has 2 fully saturated rings. The number of nitrogens with zero attached hydrogens (tertiary/aromatic N) is 2. The highest BCUT2D eigenvalue weighted by molar-refractivity contribution is 7.91. The van der Waals surface area contributed by atoms with Gasteiger partial charge in [0.15, 0.2) is 0 Å². The molecule has 2 heterocycles. The van der Waals surface area contributed by atoms with Gasteiger partial charge in [-0.2, -0.15) is 0 Å². The Bertz CT molecular complexity index is 3100. The maximum absolute atomic E-state index is 13.2. The molecule has 2 N–H and O–H groups in total. The number of sulfonamides is 2. The van der Waals surface area contributed by atoms with Gasteiger partial charge in [0.1, 0.15) is 11.5 Å². The summed E-state index contributed by atoms with van der Waals surface area (Å²) >= 11 is 12.8. The van der Waals surface area contributed by atoms with E-state index in [1.165, 1.54) is 34.4 Å². The molecule has 2 saturated carbocycles. The number of fused-ring (bicyclic) bond motifs is 6. The van der Waals surface area contributed by atoms with E-state index in [0.29, 0.717) is 87.7 Å². The van der Waals surface area contributed by atoms with Gasteiger partial charge < -0.3 is 28.7 Å². The highest BCUT2D eigenvalue weighted by Gasteiger charge is 2.46. The molecule has 0 saturated heterocycles. The van der Waals surface area contributed by atoms with Gasteiger partial charge in [-0.05, 0) is 184 Å². The highest BCUT2D eigenvalue weighted by atomic mass is 35.5. The lowest BCUT2D eigenvalue weighted by Gasteiger charge is -2.44. The number of hydrogen-bond acceptors (Lipinski definition) is 12. The molecule has 0 unspecified atom stereocenters. The van der Waals surface area contributed by atoms with Crippen LogP contribution in [0.25, 0.3) is 0 Å². The molecule has 2 amide bonds. The predicted molar refractivity (Wildman–Crippen MR) is 336 cm³/mol. The van der Waals surface area contributed by atoms with Gasteiger partial charge in [-0.25, -0.2) is 26.3 Å². The van der Waals surface area contributed by atoms with E-state index in [1.54, 1.807) is 62.4 Å². The number of aryl methyl sites for hydroxylation is 2. The largest absolute Gasteiger partial charge is 0.490 e. The van der Waals surface area contributed by atoms with Gasteiger partial charge in [0.25, 0.3) is 11.8 Å². The molecule has 452 valence electrons. The predicted octanol–water partition coefficient (Wildman–Crippen LogP) is 12.1. The fourth-order valence-electron chi connectivity index (χ4n) is 13.4. The number of ether oxygens (including phenoxy) is 4. The Labute approximate surface area is 508 Å². The van der Waals surface area contributed by atoms with Crippen LogP contribution in [0.1, 0.15) is 121 Å². The van der Waals surface area contributed by atoms with Crippen LogP contribution in [0.4, 0.5) is 11.4 Å². The molecule has 14 nitrogen and oxygen atoms in total. The molecule has 18 heteroatoms. The molecule has 6 aliphatic rings. The highest BCUT2D eigenvalue weighted by Crippen LogP contribution is 2.49. The maximum Gasteiger partial charge on any atom is 0.264 e. The summed E-state index contributed by atoms with van der Waals surface area (Å²) in [4.78, 5) is 31.2. The number of benzene rings is 4. The van der Waals surface area contributed by atoms with Crippen molar-refractivity contribution >= 4 is 66.4 Å². The Morgan fingerprint density at radius 1 is 0.619 bits per heavy atom. The van der Waals surface area contributed by atoms with Crippen molar-refractivity contribution in [2.24, 2.45) is 23.7 Å². The summed E-state index contributed by atoms with van der Waals surface area (Å²) in [6.07, 6.45) is 17.4. The van der Waals surface area contributed by atoms with Crippen LogP contribution in [-0.4, -0.2) is 105 Å². The summed E-state index contributed by atoms with van der Waals surface area (Å²) < 4.78 is 80.4. The molecule has 4 aliphatic carbocycles. The topological polar surface area (TPSA) is 170 Å². The van der Waals surface area contributed by atoms with Gasteiger partial charge in [0.2, 0.25) is 20.0 Å². The minimum Gasteiger partial charge on any atom is -0.490 e. The fourth-order valence-corrected chi connectivity index (χ4v) is 16.3. The number of rotatable bonds is 22. The quantitative estimate of drug-likeness (QED) is 0.0565. The second kappa shape index (κ2) is 27.4. The van der Waals surface area contributed by atoms with Crippen LogP contribution in [0, 0.1) is 23.7 Å². The van der Waals surface area contributed by atoms with Crippen molar-refractivity contribution < 1.29 is 45.4 Å². The van der Waals surface area contributed by atoms with Crippen molar-refractivity contribution in [3.63, 3.8) is 0 Å². The molecular weight excluding hydrogens is 1140 g/mol. The Kier molecular flexibility index (Phi) is 20.5. The Morgan fingerprint density at radius 2 is 1.02 bits per heavy atom. The number of hydrogen-bond donors (Lipinski definition) is 2. The zero-order valence-electron chi connectivity index (χ0n) is 48.6. The standard InChI is InChI=1S/2C33H41ClN2O5S/c2*1-4-16-40-20-26-10-9-25(26)19-36-21-33(15-7-8-23-17-27(34)12-13-29(23)33)22-41-31-14-11-24(18-30(31)36)32(37)35-42(38,39)28(5-2)6-3/h2*4-5,11-14,17-18,25-26,28H,1-2,6-10,15-16,19-22H2,3H3,(H,35,37)/t25-,26-,28+,33-;25-,26-,28-,33-/m00/s1. The normalized spacial score (nSPS) is 23.9. The van der Waals surface area contributed by atoms with Crippen LogP contribution < -0.4 is 28.7 Å². The van der Waals surface area contributed by atoms with Crippen LogP contribution in [0.2, 0.25) is 10.0 Å². The second-order valence-corrected chi connectivity index (χ2v) is 28.4. The van der Waals surface area contributed by atoms with E-state index in [1.807, 2.05) is 12.1 Å². The van der Waals surface area contributed by atoms with E-state index in [4.69, 9.17) is 42.1 Å². The molecule has 2 spiro atoms. The number of carbonyl (C=O) groups is 2. The number of halogens is 2. The molecule has 0 aromatic heterocycles. The molecular formula is C66H82Cl2N4O10S2. The summed E-state index contributed by atoms with van der Waals surface area (Å²) in [5, 5.41) is -0.212. The number of carbonyl (C=O) groups excluding carboxylic acids is 2. The SMILES string of the molecule is C=CCOC[C@@H]1CC[C@H]1CN1C[C@@]2(CCCc3cc(Cl)ccc32)COc2ccc(C(=O)NS(=O)(=O)[C@@H](C=C)CC)cc21.C=CCOC[C@@H]1CC[C@H]1CN1C[C@@]2(CCCc3cc(Cl)ccc32)COc2ccc(C(=O)NS(=O)(=O)[C@H](C=C)CC)cc21. The second-order valence-electron chi connectivity index (χ2n) is 23.7. The van der Waals surface area contributed by atoms with E-state index < -0.39 is 42.4 Å². The molecule has 0 bridgehead atoms. The van der Waals surface area contributed by atoms with E-state index in [0.717, 1.165) is 112 Å². The molecule has 4 aromatic rings. The van der Waals surface area contributed by atoms with Crippen LogP contribution >= 0.6 is 23.2 Å². The van der Waals surface area contributed by atoms with Gasteiger partial charge in [-0.3, -0.25) is 9.59 Å². The van der Waals surface area contributed by atoms with Crippen LogP contribution in [-0.2, 0) is 53.2 Å². The third-order valence-electron chi connectivity index (χ3n) is 18.4. The maximum atomic E-state index is 13.2. The molecule has 8 atom stereocenters. The summed E-state index contributed by atoms with van der Waals surface area (Å²) in [6.45, 7) is 24.8. The van der Waals surface area contributed by atoms with E-state index in [2.05, 4.69) is 69.8 Å². The van der Waals surface area contributed by atoms with Crippen molar-refractivity contribution in [1.82, 2.24) is 9.44 Å². The van der Waals surface area contributed by atoms with Gasteiger partial charge in [-0.1, -0.05) is 73.5 Å². The molecule has 0 radical (unpaired) electrons. The summed E-state index contributed by atoms with van der Waals surface area (Å²) in [7, 11) is -7.80. The van der Waals surface area contributed by atoms with E-state index in [-0.39, 0.29) is 22.0 Å². The fraction of sp³-hybridized carbons (Fsp3) is 0.485. The van der Waals surface area contributed by atoms with Crippen LogP contribution in [0.5, 0.6) is 11.5 Å². The number of anilines is 2. The van der Waals surface area contributed by atoms with Crippen molar-refractivity contribution in [1.29, 1.82) is 0 Å². The van der Waals surface area contributed by atoms with Crippen molar-refractivity contribution in [2.75, 3.05) is 75.6 Å². The summed E-state index contributed by atoms with van der Waals surface area (Å²) in [5.74, 6) is 1.85. The smallest absolute Gasteiger partial charge is 0.264 e. The summed E-state index contributed by atoms with van der Waals surface area (Å²) in [6, 6.07) is 22.8. The van der Waals surface area contributed by atoms with Crippen LogP contribution in [0.3, 0.4) is 0 Å². The average Bonchev–Trinajstić information content (AvgIpc) is 3.29. The molecule has 4 aromatic carbocycles. The van der Waals surface area contributed by atoms with Gasteiger partial charge in [-0.15, -0.1) is 26.3 Å². The summed E-state index contributed by atoms with van der Waals surface area (Å²) in [5.41, 5.74) is 6.77. The van der Waals surface area contributed by atoms with Crippen molar-refractivity contribution in [3.05, 3.63) is 167 Å². The lowest BCUT2D eigenvalue weighted by atomic mass is 9.69.